The van der Waals surface area contributed by atoms with Crippen LogP contribution >= 0.6 is 11.8 Å². The summed E-state index contributed by atoms with van der Waals surface area (Å²) in [7, 11) is 0. The molecule has 1 aliphatic rings. The van der Waals surface area contributed by atoms with E-state index in [4.69, 9.17) is 5.73 Å². The maximum absolute atomic E-state index is 6.32. The minimum atomic E-state index is 0.155. The van der Waals surface area contributed by atoms with Crippen LogP contribution < -0.4 is 5.73 Å². The van der Waals surface area contributed by atoms with Crippen molar-refractivity contribution < 1.29 is 0 Å². The lowest BCUT2D eigenvalue weighted by Crippen LogP contribution is -2.25. The summed E-state index contributed by atoms with van der Waals surface area (Å²) in [5.74, 6) is 1.08. The fraction of sp³-hybridized carbons (Fsp3) is 0.250. The molecule has 3 rings (SSSR count). The van der Waals surface area contributed by atoms with Crippen LogP contribution in [0.15, 0.2) is 48.5 Å². The van der Waals surface area contributed by atoms with Crippen molar-refractivity contribution in [2.45, 2.75) is 24.0 Å². The predicted molar refractivity (Wildman–Crippen MR) is 79.6 cm³/mol. The van der Waals surface area contributed by atoms with Crippen LogP contribution in [-0.4, -0.2) is 5.25 Å². The van der Waals surface area contributed by atoms with Crippen molar-refractivity contribution in [2.75, 3.05) is 0 Å². The Hall–Kier alpha value is -1.25. The van der Waals surface area contributed by atoms with Gasteiger partial charge >= 0.3 is 0 Å². The number of nitrogens with two attached hydrogens (primary N) is 1. The fourth-order valence-electron chi connectivity index (χ4n) is 2.42. The van der Waals surface area contributed by atoms with E-state index < -0.39 is 0 Å². The van der Waals surface area contributed by atoms with Crippen LogP contribution in [0.4, 0.5) is 0 Å². The van der Waals surface area contributed by atoms with Gasteiger partial charge in [-0.1, -0.05) is 49.4 Å². The Balaban J connectivity index is 2.05. The number of rotatable bonds is 1. The topological polar surface area (TPSA) is 26.0 Å². The van der Waals surface area contributed by atoms with Crippen molar-refractivity contribution in [2.24, 2.45) is 5.73 Å². The van der Waals surface area contributed by atoms with Gasteiger partial charge in [0.05, 0.1) is 0 Å². The molecule has 2 N–H and O–H groups in total. The summed E-state index contributed by atoms with van der Waals surface area (Å²) < 4.78 is 0. The van der Waals surface area contributed by atoms with Crippen molar-refractivity contribution in [1.82, 2.24) is 0 Å². The summed E-state index contributed by atoms with van der Waals surface area (Å²) in [6.07, 6.45) is 0. The first kappa shape index (κ1) is 11.8. The van der Waals surface area contributed by atoms with E-state index in [2.05, 4.69) is 49.4 Å². The summed E-state index contributed by atoms with van der Waals surface area (Å²) in [4.78, 5) is 0. The molecule has 18 heavy (non-hydrogen) atoms. The second kappa shape index (κ2) is 4.79. The number of hydrogen-bond acceptors (Lipinski definition) is 2. The minimum Gasteiger partial charge on any atom is -0.323 e. The maximum atomic E-state index is 6.32. The first-order chi connectivity index (χ1) is 8.75. The van der Waals surface area contributed by atoms with Gasteiger partial charge in [-0.3, -0.25) is 0 Å². The zero-order chi connectivity index (χ0) is 12.5. The lowest BCUT2D eigenvalue weighted by molar-refractivity contribution is 0.699. The number of benzene rings is 2. The average molecular weight is 255 g/mol. The van der Waals surface area contributed by atoms with Gasteiger partial charge in [-0.25, -0.2) is 0 Å². The summed E-state index contributed by atoms with van der Waals surface area (Å²) in [6.45, 7) is 2.22. The molecular formula is C16H17NS. The molecule has 0 aliphatic carbocycles. The van der Waals surface area contributed by atoms with E-state index in [1.807, 2.05) is 17.8 Å². The number of fused-ring (bicyclic) bond motifs is 1. The maximum Gasteiger partial charge on any atom is 0.0416 e. The van der Waals surface area contributed by atoms with Gasteiger partial charge < -0.3 is 5.73 Å². The highest BCUT2D eigenvalue weighted by molar-refractivity contribution is 7.99. The molecule has 2 atom stereocenters. The molecule has 0 saturated carbocycles. The molecular weight excluding hydrogens is 238 g/mol. The first-order valence-electron chi connectivity index (χ1n) is 6.31. The van der Waals surface area contributed by atoms with Gasteiger partial charge in [0.2, 0.25) is 0 Å². The summed E-state index contributed by atoms with van der Waals surface area (Å²) in [6, 6.07) is 17.4. The number of hydrogen-bond donors (Lipinski definition) is 1. The van der Waals surface area contributed by atoms with Crippen LogP contribution in [-0.2, 0) is 5.75 Å². The Morgan fingerprint density at radius 2 is 1.83 bits per heavy atom. The Labute approximate surface area is 112 Å². The average Bonchev–Trinajstić information content (AvgIpc) is 2.44. The Morgan fingerprint density at radius 1 is 1.06 bits per heavy atom. The van der Waals surface area contributed by atoms with Gasteiger partial charge in [0, 0.05) is 17.0 Å². The van der Waals surface area contributed by atoms with Crippen molar-refractivity contribution in [3.05, 3.63) is 59.7 Å². The molecule has 0 fully saturated rings. The molecule has 2 aromatic carbocycles. The zero-order valence-corrected chi connectivity index (χ0v) is 11.3. The normalized spacial score (nSPS) is 22.6. The van der Waals surface area contributed by atoms with Gasteiger partial charge in [0.25, 0.3) is 0 Å². The van der Waals surface area contributed by atoms with Crippen molar-refractivity contribution in [1.29, 1.82) is 0 Å². The standard InChI is InChI=1S/C16H17NS/c1-11-16(17)15-9-13(7-8-14(15)10-18-11)12-5-3-2-4-6-12/h2-9,11,16H,10,17H2,1H3. The van der Waals surface area contributed by atoms with Gasteiger partial charge in [0.15, 0.2) is 0 Å². The highest BCUT2D eigenvalue weighted by Gasteiger charge is 2.23. The molecule has 1 heterocycles. The molecule has 0 bridgehead atoms. The van der Waals surface area contributed by atoms with E-state index in [0.717, 1.165) is 5.75 Å². The lowest BCUT2D eigenvalue weighted by Gasteiger charge is -2.28. The van der Waals surface area contributed by atoms with Gasteiger partial charge in [-0.05, 0) is 28.3 Å². The molecule has 0 saturated heterocycles. The zero-order valence-electron chi connectivity index (χ0n) is 10.5. The molecule has 92 valence electrons. The van der Waals surface area contributed by atoms with Crippen molar-refractivity contribution in [3.8, 4) is 11.1 Å². The van der Waals surface area contributed by atoms with E-state index in [0.29, 0.717) is 5.25 Å². The van der Waals surface area contributed by atoms with Gasteiger partial charge in [-0.15, -0.1) is 0 Å². The molecule has 1 nitrogen and oxygen atoms in total. The smallest absolute Gasteiger partial charge is 0.0416 e. The second-order valence-corrected chi connectivity index (χ2v) is 6.19. The van der Waals surface area contributed by atoms with E-state index in [1.54, 1.807) is 0 Å². The van der Waals surface area contributed by atoms with Crippen LogP contribution in [0.1, 0.15) is 24.1 Å². The summed E-state index contributed by atoms with van der Waals surface area (Å²) in [5.41, 5.74) is 11.6. The van der Waals surface area contributed by atoms with Gasteiger partial charge in [-0.2, -0.15) is 11.8 Å². The molecule has 2 heteroatoms. The van der Waals surface area contributed by atoms with Crippen LogP contribution in [0.25, 0.3) is 11.1 Å². The van der Waals surface area contributed by atoms with E-state index in [-0.39, 0.29) is 6.04 Å². The Kier molecular flexibility index (Phi) is 3.14. The molecule has 0 aromatic heterocycles. The fourth-order valence-corrected chi connectivity index (χ4v) is 3.48. The third-order valence-electron chi connectivity index (χ3n) is 3.62. The largest absolute Gasteiger partial charge is 0.323 e. The van der Waals surface area contributed by atoms with E-state index in [1.165, 1.54) is 22.3 Å². The van der Waals surface area contributed by atoms with E-state index >= 15 is 0 Å². The first-order valence-corrected chi connectivity index (χ1v) is 7.36. The SMILES string of the molecule is CC1SCc2ccc(-c3ccccc3)cc2C1N. The molecule has 2 unspecified atom stereocenters. The third-order valence-corrected chi connectivity index (χ3v) is 4.92. The van der Waals surface area contributed by atoms with Crippen molar-refractivity contribution in [3.63, 3.8) is 0 Å². The van der Waals surface area contributed by atoms with Crippen LogP contribution in [0.2, 0.25) is 0 Å². The summed E-state index contributed by atoms with van der Waals surface area (Å²) in [5, 5.41) is 0.503. The molecule has 0 spiro atoms. The van der Waals surface area contributed by atoms with Gasteiger partial charge in [0.1, 0.15) is 0 Å². The monoisotopic (exact) mass is 255 g/mol. The molecule has 2 aromatic rings. The molecule has 0 radical (unpaired) electrons. The molecule has 1 aliphatic heterocycles. The van der Waals surface area contributed by atoms with E-state index in [9.17, 15) is 0 Å². The second-order valence-electron chi connectivity index (χ2n) is 4.82. The van der Waals surface area contributed by atoms with Crippen LogP contribution in [0, 0.1) is 0 Å². The van der Waals surface area contributed by atoms with Crippen molar-refractivity contribution >= 4 is 11.8 Å². The minimum absolute atomic E-state index is 0.155. The van der Waals surface area contributed by atoms with Crippen LogP contribution in [0.3, 0.4) is 0 Å². The Morgan fingerprint density at radius 3 is 2.61 bits per heavy atom. The highest BCUT2D eigenvalue weighted by Crippen LogP contribution is 2.37. The Bertz CT molecular complexity index is 550. The molecule has 0 amide bonds. The lowest BCUT2D eigenvalue weighted by atomic mass is 9.94. The predicted octanol–water partition coefficient (Wildman–Crippen LogP) is 3.99. The highest BCUT2D eigenvalue weighted by atomic mass is 32.2. The number of thioether (sulfide) groups is 1. The van der Waals surface area contributed by atoms with Crippen LogP contribution in [0.5, 0.6) is 0 Å². The quantitative estimate of drug-likeness (QED) is 0.834. The third kappa shape index (κ3) is 2.06. The summed E-state index contributed by atoms with van der Waals surface area (Å²) >= 11 is 1.95.